The van der Waals surface area contributed by atoms with Crippen molar-refractivity contribution in [2.75, 3.05) is 13.7 Å². The van der Waals surface area contributed by atoms with Crippen LogP contribution in [-0.2, 0) is 17.8 Å². The molecule has 112 valence electrons. The molecule has 0 saturated heterocycles. The fourth-order valence-electron chi connectivity index (χ4n) is 2.89. The van der Waals surface area contributed by atoms with Gasteiger partial charge in [0.15, 0.2) is 0 Å². The second kappa shape index (κ2) is 6.69. The number of aromatic nitrogens is 1. The predicted molar refractivity (Wildman–Crippen MR) is 87.6 cm³/mol. The zero-order valence-electron chi connectivity index (χ0n) is 12.7. The molecule has 1 aliphatic rings. The zero-order valence-corrected chi connectivity index (χ0v) is 13.5. The molecule has 4 heteroatoms. The molecule has 1 N–H and O–H groups in total. The Morgan fingerprint density at radius 2 is 2.14 bits per heavy atom. The smallest absolute Gasteiger partial charge is 0.123 e. The third-order valence-electron chi connectivity index (χ3n) is 3.91. The lowest BCUT2D eigenvalue weighted by Crippen LogP contribution is -2.23. The molecule has 3 nitrogen and oxygen atoms in total. The van der Waals surface area contributed by atoms with E-state index >= 15 is 0 Å². The Morgan fingerprint density at radius 1 is 1.33 bits per heavy atom. The van der Waals surface area contributed by atoms with E-state index in [1.54, 1.807) is 7.11 Å². The van der Waals surface area contributed by atoms with Gasteiger partial charge < -0.3 is 10.1 Å². The number of nitrogens with one attached hydrogen (secondary N) is 1. The highest BCUT2D eigenvalue weighted by Crippen LogP contribution is 2.37. The Hall–Kier alpha value is -1.23. The number of benzene rings is 1. The van der Waals surface area contributed by atoms with Crippen molar-refractivity contribution in [3.05, 3.63) is 40.4 Å². The zero-order chi connectivity index (χ0) is 14.7. The van der Waals surface area contributed by atoms with Crippen LogP contribution in [0.15, 0.2) is 24.3 Å². The van der Waals surface area contributed by atoms with Gasteiger partial charge in [-0.1, -0.05) is 31.2 Å². The maximum absolute atomic E-state index is 5.16. The van der Waals surface area contributed by atoms with Gasteiger partial charge >= 0.3 is 0 Å². The van der Waals surface area contributed by atoms with Gasteiger partial charge in [0, 0.05) is 23.6 Å². The molecule has 0 fully saturated rings. The summed E-state index contributed by atoms with van der Waals surface area (Å²) in [6.07, 6.45) is 3.59. The van der Waals surface area contributed by atoms with E-state index in [2.05, 4.69) is 36.5 Å². The van der Waals surface area contributed by atoms with Gasteiger partial charge in [0.25, 0.3) is 0 Å². The van der Waals surface area contributed by atoms with Crippen molar-refractivity contribution in [3.63, 3.8) is 0 Å². The van der Waals surface area contributed by atoms with E-state index in [0.29, 0.717) is 12.6 Å². The first kappa shape index (κ1) is 14.7. The number of hydrogen-bond donors (Lipinski definition) is 1. The van der Waals surface area contributed by atoms with E-state index in [0.717, 1.165) is 18.0 Å². The highest BCUT2D eigenvalue weighted by Gasteiger charge is 2.24. The number of ether oxygens (including phenoxy) is 1. The Balaban J connectivity index is 1.86. The molecule has 0 aliphatic heterocycles. The fourth-order valence-corrected chi connectivity index (χ4v) is 4.12. The summed E-state index contributed by atoms with van der Waals surface area (Å²) in [7, 11) is 1.73. The third-order valence-corrected chi connectivity index (χ3v) is 5.17. The molecule has 3 rings (SSSR count). The van der Waals surface area contributed by atoms with Gasteiger partial charge in [-0.25, -0.2) is 4.98 Å². The Labute approximate surface area is 130 Å². The van der Waals surface area contributed by atoms with Crippen LogP contribution in [0.2, 0.25) is 0 Å². The van der Waals surface area contributed by atoms with Crippen LogP contribution in [0.1, 0.15) is 41.9 Å². The van der Waals surface area contributed by atoms with Gasteiger partial charge in [0.1, 0.15) is 5.01 Å². The summed E-state index contributed by atoms with van der Waals surface area (Å²) in [6.45, 7) is 3.85. The van der Waals surface area contributed by atoms with Crippen molar-refractivity contribution in [1.82, 2.24) is 10.3 Å². The van der Waals surface area contributed by atoms with Gasteiger partial charge in [-0.2, -0.15) is 0 Å². The first-order valence-electron chi connectivity index (χ1n) is 7.63. The van der Waals surface area contributed by atoms with Crippen molar-refractivity contribution < 1.29 is 4.74 Å². The topological polar surface area (TPSA) is 34.2 Å². The van der Waals surface area contributed by atoms with E-state index in [9.17, 15) is 0 Å². The summed E-state index contributed by atoms with van der Waals surface area (Å²) in [6, 6.07) is 9.06. The monoisotopic (exact) mass is 302 g/mol. The van der Waals surface area contributed by atoms with Gasteiger partial charge in [0.2, 0.25) is 0 Å². The summed E-state index contributed by atoms with van der Waals surface area (Å²) in [5.41, 5.74) is 3.71. The van der Waals surface area contributed by atoms with Crippen LogP contribution >= 0.6 is 11.3 Å². The minimum atomic E-state index is 0.498. The molecule has 1 aromatic carbocycles. The lowest BCUT2D eigenvalue weighted by atomic mass is 9.98. The Bertz CT molecular complexity index is 591. The second-order valence-corrected chi connectivity index (χ2v) is 6.49. The Morgan fingerprint density at radius 3 is 2.86 bits per heavy atom. The molecular formula is C17H22N2OS. The van der Waals surface area contributed by atoms with Gasteiger partial charge in [0.05, 0.1) is 12.3 Å². The number of hydrogen-bond acceptors (Lipinski definition) is 4. The molecule has 0 spiro atoms. The molecule has 21 heavy (non-hydrogen) atoms. The minimum absolute atomic E-state index is 0.498. The van der Waals surface area contributed by atoms with E-state index in [4.69, 9.17) is 9.72 Å². The van der Waals surface area contributed by atoms with E-state index in [-0.39, 0.29) is 0 Å². The fraction of sp³-hybridized carbons (Fsp3) is 0.471. The van der Waals surface area contributed by atoms with Crippen LogP contribution in [0.5, 0.6) is 0 Å². The molecule has 1 aromatic heterocycles. The summed E-state index contributed by atoms with van der Waals surface area (Å²) >= 11 is 1.85. The number of nitrogens with zero attached hydrogens (tertiary/aromatic N) is 1. The SMILES string of the molecule is CCNC1CCCc2nc(-c3ccc(COC)cc3)sc21. The molecule has 1 heterocycles. The molecule has 1 unspecified atom stereocenters. The van der Waals surface area contributed by atoms with Crippen molar-refractivity contribution in [3.8, 4) is 10.6 Å². The number of aryl methyl sites for hydroxylation is 1. The highest BCUT2D eigenvalue weighted by atomic mass is 32.1. The number of thiazole rings is 1. The maximum Gasteiger partial charge on any atom is 0.123 e. The molecule has 1 atom stereocenters. The van der Waals surface area contributed by atoms with E-state index in [1.165, 1.54) is 34.5 Å². The van der Waals surface area contributed by atoms with Crippen LogP contribution in [0.3, 0.4) is 0 Å². The van der Waals surface area contributed by atoms with Crippen LogP contribution < -0.4 is 5.32 Å². The van der Waals surface area contributed by atoms with Gasteiger partial charge in [-0.05, 0) is 31.4 Å². The number of rotatable bonds is 5. The number of fused-ring (bicyclic) bond motifs is 1. The van der Waals surface area contributed by atoms with Gasteiger partial charge in [-0.3, -0.25) is 0 Å². The first-order chi connectivity index (χ1) is 10.3. The molecule has 0 bridgehead atoms. The van der Waals surface area contributed by atoms with Crippen molar-refractivity contribution >= 4 is 11.3 Å². The van der Waals surface area contributed by atoms with E-state index in [1.807, 2.05) is 11.3 Å². The molecule has 2 aromatic rings. The van der Waals surface area contributed by atoms with Crippen molar-refractivity contribution in [2.24, 2.45) is 0 Å². The summed E-state index contributed by atoms with van der Waals surface area (Å²) < 4.78 is 5.16. The van der Waals surface area contributed by atoms with E-state index < -0.39 is 0 Å². The maximum atomic E-state index is 5.16. The summed E-state index contributed by atoms with van der Waals surface area (Å²) in [5, 5.41) is 4.73. The molecule has 0 amide bonds. The molecule has 0 radical (unpaired) electrons. The lowest BCUT2D eigenvalue weighted by Gasteiger charge is -2.21. The summed E-state index contributed by atoms with van der Waals surface area (Å²) in [4.78, 5) is 6.32. The minimum Gasteiger partial charge on any atom is -0.380 e. The predicted octanol–water partition coefficient (Wildman–Crippen LogP) is 3.94. The molecule has 1 aliphatic carbocycles. The molecule has 0 saturated carbocycles. The molecular weight excluding hydrogens is 280 g/mol. The largest absolute Gasteiger partial charge is 0.380 e. The van der Waals surface area contributed by atoms with Crippen LogP contribution in [0.25, 0.3) is 10.6 Å². The second-order valence-electron chi connectivity index (χ2n) is 5.46. The van der Waals surface area contributed by atoms with Crippen LogP contribution in [-0.4, -0.2) is 18.6 Å². The third kappa shape index (κ3) is 3.18. The standard InChI is InChI=1S/C17H22N2OS/c1-3-18-14-5-4-6-15-16(14)21-17(19-15)13-9-7-12(8-10-13)11-20-2/h7-10,14,18H,3-6,11H2,1-2H3. The van der Waals surface area contributed by atoms with Crippen LogP contribution in [0.4, 0.5) is 0 Å². The summed E-state index contributed by atoms with van der Waals surface area (Å²) in [5.74, 6) is 0. The number of methoxy groups -OCH3 is 1. The van der Waals surface area contributed by atoms with Crippen molar-refractivity contribution in [2.45, 2.75) is 38.8 Å². The quantitative estimate of drug-likeness (QED) is 0.908. The lowest BCUT2D eigenvalue weighted by molar-refractivity contribution is 0.185. The highest BCUT2D eigenvalue weighted by molar-refractivity contribution is 7.15. The Kier molecular flexibility index (Phi) is 4.68. The average molecular weight is 302 g/mol. The van der Waals surface area contributed by atoms with Crippen LogP contribution in [0, 0.1) is 0 Å². The van der Waals surface area contributed by atoms with Gasteiger partial charge in [-0.15, -0.1) is 11.3 Å². The average Bonchev–Trinajstić information content (AvgIpc) is 2.94. The first-order valence-corrected chi connectivity index (χ1v) is 8.44. The normalized spacial score (nSPS) is 17.7. The van der Waals surface area contributed by atoms with Crippen molar-refractivity contribution in [1.29, 1.82) is 0 Å².